The van der Waals surface area contributed by atoms with Crippen molar-refractivity contribution in [2.75, 3.05) is 0 Å². The van der Waals surface area contributed by atoms with E-state index in [1.54, 1.807) is 0 Å². The molecule has 0 N–H and O–H groups in total. The fraction of sp³-hybridized carbons (Fsp3) is 0.0192. The highest BCUT2D eigenvalue weighted by Crippen LogP contribution is 2.54. The summed E-state index contributed by atoms with van der Waals surface area (Å²) in [5.41, 5.74) is 30.5. The predicted molar refractivity (Wildman–Crippen MR) is 460 cm³/mol. The SMILES string of the molecule is C1=C(c2ccccc2)CC(c2ccccc2)c2sc3c(-c4ccc5c(c4)c4cc(-c6cc(-c7ccccc7)cc7c6sc6c(-c8ccccc8)cc(-c8ccccc8)cc67)ccc4n5-c4ccc(-c5ccc6c(-c7ccccc7)c7ccccc7c(-c7ccccc7)c6c5)cc4)cc(-c4ccccc4)cc3c21. The number of hydrogen-bond donors (Lipinski definition) is 0. The molecule has 0 amide bonds. The van der Waals surface area contributed by atoms with E-state index < -0.39 is 0 Å². The summed E-state index contributed by atoms with van der Waals surface area (Å²) in [4.78, 5) is 1.42. The van der Waals surface area contributed by atoms with Crippen LogP contribution in [-0.4, -0.2) is 4.57 Å². The van der Waals surface area contributed by atoms with Crippen LogP contribution < -0.4 is 0 Å². The van der Waals surface area contributed by atoms with Crippen LogP contribution in [0.1, 0.15) is 33.9 Å². The van der Waals surface area contributed by atoms with Gasteiger partial charge in [0.1, 0.15) is 0 Å². The lowest BCUT2D eigenvalue weighted by molar-refractivity contribution is 0.853. The molecule has 0 fully saturated rings. The van der Waals surface area contributed by atoms with Crippen molar-refractivity contribution in [1.82, 2.24) is 4.57 Å². The second-order valence-electron chi connectivity index (χ2n) is 28.5. The molecule has 0 aliphatic heterocycles. The molecule has 17 aromatic carbocycles. The third kappa shape index (κ3) is 10.8. The second kappa shape index (κ2) is 26.0. The number of benzene rings is 17. The zero-order valence-corrected chi connectivity index (χ0v) is 60.1. The first-order valence-electron chi connectivity index (χ1n) is 37.0. The van der Waals surface area contributed by atoms with Crippen LogP contribution in [0.2, 0.25) is 0 Å². The molecule has 1 nitrogen and oxygen atoms in total. The number of aromatic nitrogens is 1. The Hall–Kier alpha value is -13.0. The van der Waals surface area contributed by atoms with E-state index in [1.807, 2.05) is 22.7 Å². The highest BCUT2D eigenvalue weighted by Gasteiger charge is 2.30. The highest BCUT2D eigenvalue weighted by atomic mass is 32.1. The Morgan fingerprint density at radius 1 is 0.234 bits per heavy atom. The van der Waals surface area contributed by atoms with Gasteiger partial charge in [-0.2, -0.15) is 0 Å². The van der Waals surface area contributed by atoms with Gasteiger partial charge in [-0.25, -0.2) is 0 Å². The quantitative estimate of drug-likeness (QED) is 0.107. The molecule has 3 heteroatoms. The molecular weight excluding hydrogens is 1330 g/mol. The average Bonchev–Trinajstić information content (AvgIpc) is 1.09. The Kier molecular flexibility index (Phi) is 15.2. The Balaban J connectivity index is 0.793. The van der Waals surface area contributed by atoms with Gasteiger partial charge in [-0.05, 0) is 219 Å². The van der Waals surface area contributed by atoms with E-state index in [2.05, 4.69) is 393 Å². The molecule has 0 radical (unpaired) electrons. The van der Waals surface area contributed by atoms with E-state index in [0.717, 1.165) is 28.7 Å². The summed E-state index contributed by atoms with van der Waals surface area (Å²) >= 11 is 3.91. The van der Waals surface area contributed by atoms with Gasteiger partial charge in [0.2, 0.25) is 0 Å². The summed E-state index contributed by atoms with van der Waals surface area (Å²) in [6, 6.07) is 143. The van der Waals surface area contributed by atoms with Gasteiger partial charge in [0, 0.05) is 74.2 Å². The molecule has 1 unspecified atom stereocenters. The minimum atomic E-state index is 0.201. The van der Waals surface area contributed by atoms with Crippen LogP contribution in [0.5, 0.6) is 0 Å². The first-order valence-corrected chi connectivity index (χ1v) is 38.6. The summed E-state index contributed by atoms with van der Waals surface area (Å²) in [5.74, 6) is 0.201. The predicted octanol–water partition coefficient (Wildman–Crippen LogP) is 29.8. The third-order valence-corrected chi connectivity index (χ3v) is 25.0. The van der Waals surface area contributed by atoms with E-state index in [-0.39, 0.29) is 5.92 Å². The van der Waals surface area contributed by atoms with Crippen molar-refractivity contribution in [2.24, 2.45) is 0 Å². The summed E-state index contributed by atoms with van der Waals surface area (Å²) in [7, 11) is 0. The summed E-state index contributed by atoms with van der Waals surface area (Å²) in [6.45, 7) is 0. The first-order chi connectivity index (χ1) is 53.0. The summed E-state index contributed by atoms with van der Waals surface area (Å²) < 4.78 is 6.39. The van der Waals surface area contributed by atoms with Crippen molar-refractivity contribution in [3.8, 4) is 106 Å². The van der Waals surface area contributed by atoms with Gasteiger partial charge in [-0.3, -0.25) is 0 Å². The number of allylic oxidation sites excluding steroid dienone is 1. The van der Waals surface area contributed by atoms with Crippen molar-refractivity contribution in [3.63, 3.8) is 0 Å². The Labute approximate surface area is 629 Å². The fourth-order valence-electron chi connectivity index (χ4n) is 17.3. The molecule has 3 aromatic heterocycles. The van der Waals surface area contributed by atoms with Crippen LogP contribution in [0.25, 0.3) is 191 Å². The molecule has 0 bridgehead atoms. The molecular formula is C104H67NS2. The Morgan fingerprint density at radius 2 is 0.589 bits per heavy atom. The first kappa shape index (κ1) is 62.5. The Bertz CT molecular complexity index is 6880. The molecule has 500 valence electrons. The van der Waals surface area contributed by atoms with E-state index >= 15 is 0 Å². The molecule has 1 aliphatic carbocycles. The molecule has 0 saturated heterocycles. The van der Waals surface area contributed by atoms with Gasteiger partial charge in [0.25, 0.3) is 0 Å². The second-order valence-corrected chi connectivity index (χ2v) is 30.6. The lowest BCUT2D eigenvalue weighted by Gasteiger charge is -2.24. The molecule has 107 heavy (non-hydrogen) atoms. The maximum absolute atomic E-state index is 2.52. The van der Waals surface area contributed by atoms with Gasteiger partial charge < -0.3 is 4.57 Å². The van der Waals surface area contributed by atoms with E-state index in [1.165, 1.54) is 184 Å². The monoisotopic (exact) mass is 1390 g/mol. The number of hydrogen-bond acceptors (Lipinski definition) is 2. The molecule has 20 aromatic rings. The smallest absolute Gasteiger partial charge is 0.0541 e. The van der Waals surface area contributed by atoms with Crippen molar-refractivity contribution < 1.29 is 0 Å². The molecule has 0 spiro atoms. The molecule has 21 rings (SSSR count). The summed E-state index contributed by atoms with van der Waals surface area (Å²) in [6.07, 6.45) is 3.45. The number of nitrogens with zero attached hydrogens (tertiary/aromatic N) is 1. The van der Waals surface area contributed by atoms with Gasteiger partial charge in [0.05, 0.1) is 11.0 Å². The zero-order valence-electron chi connectivity index (χ0n) is 58.5. The topological polar surface area (TPSA) is 4.93 Å². The lowest BCUT2D eigenvalue weighted by Crippen LogP contribution is -2.06. The van der Waals surface area contributed by atoms with Crippen LogP contribution in [-0.2, 0) is 0 Å². The van der Waals surface area contributed by atoms with Gasteiger partial charge in [-0.15, -0.1) is 22.7 Å². The van der Waals surface area contributed by atoms with Crippen LogP contribution >= 0.6 is 22.7 Å². The zero-order chi connectivity index (χ0) is 70.5. The minimum Gasteiger partial charge on any atom is -0.309 e. The third-order valence-electron chi connectivity index (χ3n) is 22.3. The van der Waals surface area contributed by atoms with E-state index in [0.29, 0.717) is 0 Å². The fourth-order valence-corrected chi connectivity index (χ4v) is 20.0. The van der Waals surface area contributed by atoms with Crippen LogP contribution in [0.15, 0.2) is 382 Å². The largest absolute Gasteiger partial charge is 0.309 e. The maximum Gasteiger partial charge on any atom is 0.0541 e. The molecule has 1 atom stereocenters. The Morgan fingerprint density at radius 3 is 1.08 bits per heavy atom. The normalized spacial score (nSPS) is 13.0. The van der Waals surface area contributed by atoms with Crippen LogP contribution in [0, 0.1) is 0 Å². The molecule has 3 heterocycles. The van der Waals surface area contributed by atoms with Gasteiger partial charge in [-0.1, -0.05) is 303 Å². The van der Waals surface area contributed by atoms with E-state index in [4.69, 9.17) is 0 Å². The van der Waals surface area contributed by atoms with Crippen molar-refractivity contribution in [2.45, 2.75) is 12.3 Å². The van der Waals surface area contributed by atoms with Gasteiger partial charge in [0.15, 0.2) is 0 Å². The van der Waals surface area contributed by atoms with Crippen molar-refractivity contribution in [3.05, 3.63) is 404 Å². The number of thiophene rings is 2. The number of rotatable bonds is 12. The van der Waals surface area contributed by atoms with Gasteiger partial charge >= 0.3 is 0 Å². The summed E-state index contributed by atoms with van der Waals surface area (Å²) in [5, 5.41) is 11.2. The van der Waals surface area contributed by atoms with Crippen LogP contribution in [0.3, 0.4) is 0 Å². The van der Waals surface area contributed by atoms with Crippen molar-refractivity contribution in [1.29, 1.82) is 0 Å². The average molecular weight is 1390 g/mol. The number of fused-ring (bicyclic) bond motifs is 11. The highest BCUT2D eigenvalue weighted by molar-refractivity contribution is 7.27. The lowest BCUT2D eigenvalue weighted by atomic mass is 9.81. The minimum absolute atomic E-state index is 0.201. The molecule has 1 aliphatic rings. The van der Waals surface area contributed by atoms with Crippen molar-refractivity contribution >= 4 is 108 Å². The maximum atomic E-state index is 2.52. The van der Waals surface area contributed by atoms with Crippen LogP contribution in [0.4, 0.5) is 0 Å². The van der Waals surface area contributed by atoms with E-state index in [9.17, 15) is 0 Å². The standard InChI is InChI=1S/C104H67NS2/c1-9-27-66(28-10-1)78-58-86(71-35-17-5-18-36-71)101-93(62-78)95-64-80(68-31-13-3-14-32-68)60-88(103(95)106-101)76-48-53-97-90(56-76)91-57-77(89-61-81(69-33-15-4-16-34-69)65-96-94-63-79(67-29-11-2-12-30-67)59-87(102(94)107-104(89)96)72-37-19-6-20-38-72)49-54-98(91)105(97)82-50-45-70(46-51-82)75-47-52-85-92(55-75)100(74-41-23-8-24-42-74)84-44-26-25-43-83(84)99(85)73-39-21-7-22-40-73/h1-58,60-65,87H,59H2. The molecule has 0 saturated carbocycles.